The third kappa shape index (κ3) is 3.68. The maximum absolute atomic E-state index is 12.2. The molecule has 2 aliphatic rings. The standard InChI is InChI=1S/C18H26N2O2/c1-2-3-9-20-12-14-6-4-8-17(16(14)13-20)19-18(21)11-15-7-5-10-22-15/h4,6,8,15H,2-3,5,7,9-13H2,1H3,(H,19,21)/t15-/m0/s1. The molecule has 0 aliphatic carbocycles. The second kappa shape index (κ2) is 7.25. The fraction of sp³-hybridized carbons (Fsp3) is 0.611. The van der Waals surface area contributed by atoms with Gasteiger partial charge in [-0.3, -0.25) is 9.69 Å². The molecule has 1 saturated heterocycles. The normalized spacial score (nSPS) is 21.0. The Morgan fingerprint density at radius 1 is 1.41 bits per heavy atom. The van der Waals surface area contributed by atoms with Gasteiger partial charge in [-0.15, -0.1) is 0 Å². The van der Waals surface area contributed by atoms with Gasteiger partial charge in [0, 0.05) is 25.4 Å². The van der Waals surface area contributed by atoms with Gasteiger partial charge in [-0.2, -0.15) is 0 Å². The first-order chi connectivity index (χ1) is 10.8. The highest BCUT2D eigenvalue weighted by Gasteiger charge is 2.23. The molecule has 2 heterocycles. The van der Waals surface area contributed by atoms with E-state index in [1.807, 2.05) is 12.1 Å². The van der Waals surface area contributed by atoms with Gasteiger partial charge in [-0.25, -0.2) is 0 Å². The Kier molecular flexibility index (Phi) is 5.11. The lowest BCUT2D eigenvalue weighted by atomic mass is 10.1. The number of hydrogen-bond acceptors (Lipinski definition) is 3. The Labute approximate surface area is 132 Å². The van der Waals surface area contributed by atoms with E-state index in [0.717, 1.165) is 44.8 Å². The molecule has 0 aromatic heterocycles. The van der Waals surface area contributed by atoms with Gasteiger partial charge in [0.15, 0.2) is 0 Å². The minimum Gasteiger partial charge on any atom is -0.378 e. The SMILES string of the molecule is CCCCN1Cc2cccc(NC(=O)C[C@@H]3CCCO3)c2C1. The number of anilines is 1. The lowest BCUT2D eigenvalue weighted by Gasteiger charge is -2.14. The van der Waals surface area contributed by atoms with Crippen LogP contribution in [0, 0.1) is 0 Å². The number of nitrogens with zero attached hydrogens (tertiary/aromatic N) is 1. The van der Waals surface area contributed by atoms with Gasteiger partial charge < -0.3 is 10.1 Å². The molecule has 3 rings (SSSR count). The minimum atomic E-state index is 0.0762. The summed E-state index contributed by atoms with van der Waals surface area (Å²) in [5.74, 6) is 0.0762. The van der Waals surface area contributed by atoms with Crippen molar-refractivity contribution in [2.45, 2.75) is 58.2 Å². The van der Waals surface area contributed by atoms with Gasteiger partial charge in [0.2, 0.25) is 5.91 Å². The molecule has 0 spiro atoms. The first-order valence-electron chi connectivity index (χ1n) is 8.51. The van der Waals surface area contributed by atoms with Crippen LogP contribution in [0.15, 0.2) is 18.2 Å². The van der Waals surface area contributed by atoms with Crippen LogP contribution in [-0.4, -0.2) is 30.1 Å². The maximum atomic E-state index is 12.2. The predicted molar refractivity (Wildman–Crippen MR) is 87.7 cm³/mol. The number of unbranched alkanes of at least 4 members (excludes halogenated alkanes) is 1. The second-order valence-corrected chi connectivity index (χ2v) is 6.39. The number of benzene rings is 1. The van der Waals surface area contributed by atoms with Crippen molar-refractivity contribution in [2.24, 2.45) is 0 Å². The number of nitrogens with one attached hydrogen (secondary N) is 1. The van der Waals surface area contributed by atoms with Crippen molar-refractivity contribution in [2.75, 3.05) is 18.5 Å². The number of carbonyl (C=O) groups is 1. The zero-order valence-electron chi connectivity index (χ0n) is 13.4. The molecule has 1 aromatic carbocycles. The lowest BCUT2D eigenvalue weighted by Crippen LogP contribution is -2.20. The summed E-state index contributed by atoms with van der Waals surface area (Å²) in [7, 11) is 0. The van der Waals surface area contributed by atoms with E-state index in [-0.39, 0.29) is 12.0 Å². The van der Waals surface area contributed by atoms with Crippen molar-refractivity contribution >= 4 is 11.6 Å². The Balaban J connectivity index is 1.61. The van der Waals surface area contributed by atoms with Gasteiger partial charge in [0.1, 0.15) is 0 Å². The average molecular weight is 302 g/mol. The van der Waals surface area contributed by atoms with Crippen LogP contribution >= 0.6 is 0 Å². The zero-order chi connectivity index (χ0) is 15.4. The number of fused-ring (bicyclic) bond motifs is 1. The number of amides is 1. The molecule has 1 aromatic rings. The van der Waals surface area contributed by atoms with Crippen molar-refractivity contribution in [1.82, 2.24) is 4.90 Å². The first kappa shape index (κ1) is 15.5. The molecule has 4 nitrogen and oxygen atoms in total. The Bertz CT molecular complexity index is 524. The Hall–Kier alpha value is -1.39. The summed E-state index contributed by atoms with van der Waals surface area (Å²) in [5.41, 5.74) is 3.63. The largest absolute Gasteiger partial charge is 0.378 e. The van der Waals surface area contributed by atoms with Crippen molar-refractivity contribution in [3.05, 3.63) is 29.3 Å². The van der Waals surface area contributed by atoms with Gasteiger partial charge in [0.25, 0.3) is 0 Å². The summed E-state index contributed by atoms with van der Waals surface area (Å²) in [4.78, 5) is 14.7. The highest BCUT2D eigenvalue weighted by atomic mass is 16.5. The molecule has 2 aliphatic heterocycles. The summed E-state index contributed by atoms with van der Waals surface area (Å²) >= 11 is 0. The molecule has 120 valence electrons. The van der Waals surface area contributed by atoms with Gasteiger partial charge in [0.05, 0.1) is 12.5 Å². The maximum Gasteiger partial charge on any atom is 0.226 e. The van der Waals surface area contributed by atoms with Crippen LogP contribution in [0.4, 0.5) is 5.69 Å². The average Bonchev–Trinajstić information content (AvgIpc) is 3.14. The van der Waals surface area contributed by atoms with Gasteiger partial charge in [-0.1, -0.05) is 25.5 Å². The summed E-state index contributed by atoms with van der Waals surface area (Å²) in [6.07, 6.45) is 5.11. The minimum absolute atomic E-state index is 0.0762. The summed E-state index contributed by atoms with van der Waals surface area (Å²) in [6, 6.07) is 6.25. The van der Waals surface area contributed by atoms with Crippen LogP contribution in [0.5, 0.6) is 0 Å². The summed E-state index contributed by atoms with van der Waals surface area (Å²) < 4.78 is 5.55. The monoisotopic (exact) mass is 302 g/mol. The third-order valence-electron chi connectivity index (χ3n) is 4.59. The van der Waals surface area contributed by atoms with E-state index in [9.17, 15) is 4.79 Å². The number of hydrogen-bond donors (Lipinski definition) is 1. The van der Waals surface area contributed by atoms with E-state index < -0.39 is 0 Å². The van der Waals surface area contributed by atoms with Crippen LogP contribution in [0.1, 0.15) is 50.2 Å². The van der Waals surface area contributed by atoms with Crippen LogP contribution in [0.25, 0.3) is 0 Å². The van der Waals surface area contributed by atoms with Gasteiger partial charge in [-0.05, 0) is 43.0 Å². The van der Waals surface area contributed by atoms with Crippen LogP contribution in [-0.2, 0) is 22.6 Å². The molecule has 22 heavy (non-hydrogen) atoms. The molecule has 1 amide bonds. The third-order valence-corrected chi connectivity index (χ3v) is 4.59. The zero-order valence-corrected chi connectivity index (χ0v) is 13.4. The highest BCUT2D eigenvalue weighted by Crippen LogP contribution is 2.29. The molecule has 0 bridgehead atoms. The molecular weight excluding hydrogens is 276 g/mol. The van der Waals surface area contributed by atoms with Crippen molar-refractivity contribution in [1.29, 1.82) is 0 Å². The molecule has 0 unspecified atom stereocenters. The van der Waals surface area contributed by atoms with E-state index in [0.29, 0.717) is 6.42 Å². The molecule has 0 saturated carbocycles. The quantitative estimate of drug-likeness (QED) is 0.876. The lowest BCUT2D eigenvalue weighted by molar-refractivity contribution is -0.118. The molecule has 1 N–H and O–H groups in total. The number of rotatable bonds is 6. The number of carbonyl (C=O) groups excluding carboxylic acids is 1. The Morgan fingerprint density at radius 3 is 3.09 bits per heavy atom. The van der Waals surface area contributed by atoms with Crippen molar-refractivity contribution in [3.8, 4) is 0 Å². The summed E-state index contributed by atoms with van der Waals surface area (Å²) in [5, 5.41) is 3.10. The fourth-order valence-corrected chi connectivity index (χ4v) is 3.36. The van der Waals surface area contributed by atoms with Crippen LogP contribution in [0.3, 0.4) is 0 Å². The Morgan fingerprint density at radius 2 is 2.32 bits per heavy atom. The van der Waals surface area contributed by atoms with Crippen molar-refractivity contribution < 1.29 is 9.53 Å². The van der Waals surface area contributed by atoms with E-state index >= 15 is 0 Å². The highest BCUT2D eigenvalue weighted by molar-refractivity contribution is 5.92. The van der Waals surface area contributed by atoms with Crippen molar-refractivity contribution in [3.63, 3.8) is 0 Å². The van der Waals surface area contributed by atoms with E-state index in [2.05, 4.69) is 23.2 Å². The van der Waals surface area contributed by atoms with Crippen LogP contribution in [0.2, 0.25) is 0 Å². The second-order valence-electron chi connectivity index (χ2n) is 6.39. The summed E-state index contributed by atoms with van der Waals surface area (Å²) in [6.45, 7) is 6.11. The molecule has 1 atom stereocenters. The van der Waals surface area contributed by atoms with E-state index in [1.165, 1.54) is 24.0 Å². The smallest absolute Gasteiger partial charge is 0.226 e. The fourth-order valence-electron chi connectivity index (χ4n) is 3.36. The van der Waals surface area contributed by atoms with Crippen LogP contribution < -0.4 is 5.32 Å². The molecular formula is C18H26N2O2. The van der Waals surface area contributed by atoms with E-state index in [1.54, 1.807) is 0 Å². The predicted octanol–water partition coefficient (Wildman–Crippen LogP) is 3.31. The number of ether oxygens (including phenoxy) is 1. The topological polar surface area (TPSA) is 41.6 Å². The van der Waals surface area contributed by atoms with E-state index in [4.69, 9.17) is 4.74 Å². The molecule has 1 fully saturated rings. The van der Waals surface area contributed by atoms with Gasteiger partial charge >= 0.3 is 0 Å². The molecule has 0 radical (unpaired) electrons. The molecule has 4 heteroatoms. The first-order valence-corrected chi connectivity index (χ1v) is 8.51.